The van der Waals surface area contributed by atoms with E-state index in [1.54, 1.807) is 41.6 Å². The first kappa shape index (κ1) is 18.1. The van der Waals surface area contributed by atoms with Gasteiger partial charge in [0.25, 0.3) is 0 Å². The molecule has 1 aliphatic rings. The van der Waals surface area contributed by atoms with Crippen LogP contribution in [0.5, 0.6) is 0 Å². The minimum absolute atomic E-state index is 0.00141. The van der Waals surface area contributed by atoms with Crippen molar-refractivity contribution in [2.75, 3.05) is 4.90 Å². The summed E-state index contributed by atoms with van der Waals surface area (Å²) >= 11 is 0. The molecule has 1 heterocycles. The molecule has 136 valence electrons. The van der Waals surface area contributed by atoms with Crippen molar-refractivity contribution in [2.24, 2.45) is 11.8 Å². The van der Waals surface area contributed by atoms with Gasteiger partial charge in [-0.3, -0.25) is 9.78 Å². The van der Waals surface area contributed by atoms with Gasteiger partial charge in [-0.2, -0.15) is 0 Å². The van der Waals surface area contributed by atoms with E-state index in [9.17, 15) is 14.7 Å². The van der Waals surface area contributed by atoms with Crippen molar-refractivity contribution in [3.8, 4) is 0 Å². The summed E-state index contributed by atoms with van der Waals surface area (Å²) in [6, 6.07) is 10.4. The molecule has 1 aliphatic carbocycles. The normalized spacial score (nSPS) is 19.7. The molecule has 0 spiro atoms. The molecule has 1 aromatic carbocycles. The summed E-state index contributed by atoms with van der Waals surface area (Å²) in [5, 5.41) is 9.29. The number of carbonyl (C=O) groups is 2. The average Bonchev–Trinajstić information content (AvgIpc) is 2.67. The minimum Gasteiger partial charge on any atom is -0.478 e. The van der Waals surface area contributed by atoms with E-state index in [1.165, 1.54) is 0 Å². The molecular formula is C21H24N2O3. The summed E-state index contributed by atoms with van der Waals surface area (Å²) in [7, 11) is 0. The molecule has 3 rings (SSSR count). The Morgan fingerprint density at radius 3 is 2.46 bits per heavy atom. The van der Waals surface area contributed by atoms with Crippen molar-refractivity contribution in [2.45, 2.75) is 39.2 Å². The van der Waals surface area contributed by atoms with Crippen molar-refractivity contribution >= 4 is 17.6 Å². The van der Waals surface area contributed by atoms with Crippen LogP contribution in [0.1, 0.15) is 48.5 Å². The molecule has 0 aliphatic heterocycles. The van der Waals surface area contributed by atoms with E-state index < -0.39 is 5.97 Å². The van der Waals surface area contributed by atoms with Crippen LogP contribution in [-0.2, 0) is 11.3 Å². The molecule has 1 saturated carbocycles. The summed E-state index contributed by atoms with van der Waals surface area (Å²) in [5.74, 6) is -0.240. The van der Waals surface area contributed by atoms with Gasteiger partial charge in [0.1, 0.15) is 0 Å². The average molecular weight is 352 g/mol. The van der Waals surface area contributed by atoms with Crippen LogP contribution < -0.4 is 4.90 Å². The highest BCUT2D eigenvalue weighted by atomic mass is 16.4. The Kier molecular flexibility index (Phi) is 5.66. The Morgan fingerprint density at radius 1 is 1.12 bits per heavy atom. The van der Waals surface area contributed by atoms with Crippen LogP contribution >= 0.6 is 0 Å². The molecular weight excluding hydrogens is 328 g/mol. The highest BCUT2D eigenvalue weighted by molar-refractivity contribution is 5.97. The summed E-state index contributed by atoms with van der Waals surface area (Å²) in [5.41, 5.74) is 1.79. The van der Waals surface area contributed by atoms with E-state index in [0.29, 0.717) is 18.2 Å². The van der Waals surface area contributed by atoms with Gasteiger partial charge in [-0.1, -0.05) is 13.0 Å². The standard InChI is InChI=1S/C21H24N2O3/c1-15-5-7-17(8-6-15)20(24)23(14-16-9-11-22-12-10-16)19-4-2-3-18(13-19)21(25)26/h2-4,9-13,15,17H,5-8,14H2,1H3,(H,25,26). The molecule has 1 N–H and O–H groups in total. The number of carboxylic acids is 1. The third kappa shape index (κ3) is 4.28. The largest absolute Gasteiger partial charge is 0.478 e. The lowest BCUT2D eigenvalue weighted by atomic mass is 9.82. The molecule has 0 unspecified atom stereocenters. The summed E-state index contributed by atoms with van der Waals surface area (Å²) in [6.45, 7) is 2.64. The highest BCUT2D eigenvalue weighted by Crippen LogP contribution is 2.31. The van der Waals surface area contributed by atoms with E-state index in [0.717, 1.165) is 31.2 Å². The quantitative estimate of drug-likeness (QED) is 0.878. The van der Waals surface area contributed by atoms with Gasteiger partial charge < -0.3 is 10.0 Å². The second-order valence-corrected chi connectivity index (χ2v) is 7.09. The van der Waals surface area contributed by atoms with Crippen molar-refractivity contribution in [1.82, 2.24) is 4.98 Å². The SMILES string of the molecule is CC1CCC(C(=O)N(Cc2ccncc2)c2cccc(C(=O)O)c2)CC1. The maximum Gasteiger partial charge on any atom is 0.335 e. The van der Waals surface area contributed by atoms with E-state index in [-0.39, 0.29) is 17.4 Å². The first-order valence-corrected chi connectivity index (χ1v) is 9.08. The minimum atomic E-state index is -0.991. The number of benzene rings is 1. The van der Waals surface area contributed by atoms with Crippen LogP contribution in [0.4, 0.5) is 5.69 Å². The summed E-state index contributed by atoms with van der Waals surface area (Å²) in [6.07, 6.45) is 7.32. The molecule has 26 heavy (non-hydrogen) atoms. The lowest BCUT2D eigenvalue weighted by Crippen LogP contribution is -2.37. The van der Waals surface area contributed by atoms with Crippen molar-refractivity contribution < 1.29 is 14.7 Å². The molecule has 2 aromatic rings. The predicted octanol–water partition coefficient (Wildman–Crippen LogP) is 4.14. The number of amides is 1. The molecule has 1 fully saturated rings. The zero-order valence-corrected chi connectivity index (χ0v) is 15.0. The summed E-state index contributed by atoms with van der Waals surface area (Å²) < 4.78 is 0. The predicted molar refractivity (Wildman–Crippen MR) is 100.0 cm³/mol. The van der Waals surface area contributed by atoms with Gasteiger partial charge in [0, 0.05) is 24.0 Å². The molecule has 0 atom stereocenters. The van der Waals surface area contributed by atoms with E-state index in [2.05, 4.69) is 11.9 Å². The van der Waals surface area contributed by atoms with Crippen molar-refractivity contribution in [3.63, 3.8) is 0 Å². The van der Waals surface area contributed by atoms with E-state index >= 15 is 0 Å². The number of hydrogen-bond acceptors (Lipinski definition) is 3. The number of aromatic carboxylic acids is 1. The second kappa shape index (κ2) is 8.13. The number of nitrogens with zero attached hydrogens (tertiary/aromatic N) is 2. The highest BCUT2D eigenvalue weighted by Gasteiger charge is 2.29. The zero-order valence-electron chi connectivity index (χ0n) is 15.0. The Bertz CT molecular complexity index is 768. The number of pyridine rings is 1. The van der Waals surface area contributed by atoms with Crippen LogP contribution in [-0.4, -0.2) is 22.0 Å². The first-order valence-electron chi connectivity index (χ1n) is 9.08. The Hall–Kier alpha value is -2.69. The first-order chi connectivity index (χ1) is 12.5. The monoisotopic (exact) mass is 352 g/mol. The van der Waals surface area contributed by atoms with Gasteiger partial charge >= 0.3 is 5.97 Å². The molecule has 0 saturated heterocycles. The van der Waals surface area contributed by atoms with Crippen molar-refractivity contribution in [3.05, 3.63) is 59.9 Å². The number of aromatic nitrogens is 1. The topological polar surface area (TPSA) is 70.5 Å². The van der Waals surface area contributed by atoms with E-state index in [1.807, 2.05) is 12.1 Å². The number of rotatable bonds is 5. The van der Waals surface area contributed by atoms with Crippen molar-refractivity contribution in [1.29, 1.82) is 0 Å². The van der Waals surface area contributed by atoms with Gasteiger partial charge in [0.05, 0.1) is 12.1 Å². The second-order valence-electron chi connectivity index (χ2n) is 7.09. The number of hydrogen-bond donors (Lipinski definition) is 1. The van der Waals surface area contributed by atoms with Crippen LogP contribution in [0.25, 0.3) is 0 Å². The van der Waals surface area contributed by atoms with Gasteiger partial charge in [-0.05, 0) is 67.5 Å². The fourth-order valence-electron chi connectivity index (χ4n) is 3.50. The Morgan fingerprint density at radius 2 is 1.81 bits per heavy atom. The van der Waals surface area contributed by atoms with Crippen LogP contribution in [0, 0.1) is 11.8 Å². The van der Waals surface area contributed by atoms with Crippen LogP contribution in [0.3, 0.4) is 0 Å². The van der Waals surface area contributed by atoms with E-state index in [4.69, 9.17) is 0 Å². The Labute approximate surface area is 153 Å². The fourth-order valence-corrected chi connectivity index (χ4v) is 3.50. The third-order valence-electron chi connectivity index (χ3n) is 5.13. The number of carbonyl (C=O) groups excluding carboxylic acids is 1. The van der Waals surface area contributed by atoms with Gasteiger partial charge in [0.15, 0.2) is 0 Å². The smallest absolute Gasteiger partial charge is 0.335 e. The van der Waals surface area contributed by atoms with Crippen LogP contribution in [0.15, 0.2) is 48.8 Å². The number of anilines is 1. The van der Waals surface area contributed by atoms with Gasteiger partial charge in [-0.25, -0.2) is 4.79 Å². The molecule has 5 heteroatoms. The molecule has 0 bridgehead atoms. The summed E-state index contributed by atoms with van der Waals surface area (Å²) in [4.78, 5) is 30.3. The third-order valence-corrected chi connectivity index (χ3v) is 5.13. The molecule has 1 aromatic heterocycles. The lowest BCUT2D eigenvalue weighted by Gasteiger charge is -2.31. The maximum absolute atomic E-state index is 13.3. The zero-order chi connectivity index (χ0) is 18.5. The van der Waals surface area contributed by atoms with Gasteiger partial charge in [0.2, 0.25) is 5.91 Å². The lowest BCUT2D eigenvalue weighted by molar-refractivity contribution is -0.123. The molecule has 5 nitrogen and oxygen atoms in total. The fraction of sp³-hybridized carbons (Fsp3) is 0.381. The van der Waals surface area contributed by atoms with Crippen LogP contribution in [0.2, 0.25) is 0 Å². The molecule has 1 amide bonds. The Balaban J connectivity index is 1.89. The number of carboxylic acid groups (broad SMARTS) is 1. The molecule has 0 radical (unpaired) electrons. The maximum atomic E-state index is 13.3. The van der Waals surface area contributed by atoms with Gasteiger partial charge in [-0.15, -0.1) is 0 Å².